The van der Waals surface area contributed by atoms with Crippen LogP contribution in [0.3, 0.4) is 0 Å². The summed E-state index contributed by atoms with van der Waals surface area (Å²) in [7, 11) is 2.10. The lowest BCUT2D eigenvalue weighted by Gasteiger charge is -2.28. The molecule has 0 aliphatic carbocycles. The van der Waals surface area contributed by atoms with Gasteiger partial charge in [-0.15, -0.1) is 0 Å². The highest BCUT2D eigenvalue weighted by Gasteiger charge is 2.19. The van der Waals surface area contributed by atoms with Crippen molar-refractivity contribution >= 4 is 22.4 Å². The average Bonchev–Trinajstić information content (AvgIpc) is 2.70. The third kappa shape index (κ3) is 3.97. The van der Waals surface area contributed by atoms with E-state index in [-0.39, 0.29) is 17.8 Å². The summed E-state index contributed by atoms with van der Waals surface area (Å²) in [6.45, 7) is 2.00. The molecule has 3 aromatic rings. The molecule has 4 rings (SSSR count). The molecule has 1 saturated heterocycles. The predicted octanol–water partition coefficient (Wildman–Crippen LogP) is 4.10. The van der Waals surface area contributed by atoms with Crippen LogP contribution in [-0.4, -0.2) is 42.0 Å². The number of likely N-dealkylation sites (tertiary alicyclic amines) is 1. The van der Waals surface area contributed by atoms with Crippen molar-refractivity contribution in [3.8, 4) is 5.88 Å². The van der Waals surface area contributed by atoms with Crippen molar-refractivity contribution in [1.82, 2.24) is 9.88 Å². The van der Waals surface area contributed by atoms with Crippen LogP contribution in [0.1, 0.15) is 23.2 Å². The maximum absolute atomic E-state index is 14.0. The van der Waals surface area contributed by atoms with Gasteiger partial charge in [0.15, 0.2) is 0 Å². The van der Waals surface area contributed by atoms with Crippen molar-refractivity contribution < 1.29 is 13.9 Å². The number of rotatable bonds is 4. The number of hydrogen-bond donors (Lipinski definition) is 1. The first-order valence-electron chi connectivity index (χ1n) is 9.40. The number of halogens is 1. The van der Waals surface area contributed by atoms with Crippen LogP contribution in [0.4, 0.5) is 10.1 Å². The van der Waals surface area contributed by atoms with Crippen LogP contribution in [0, 0.1) is 5.82 Å². The lowest BCUT2D eigenvalue weighted by Crippen LogP contribution is -2.35. The van der Waals surface area contributed by atoms with E-state index in [9.17, 15) is 9.18 Å². The molecule has 1 aromatic heterocycles. The molecule has 1 aliphatic rings. The van der Waals surface area contributed by atoms with Crippen LogP contribution in [0.2, 0.25) is 0 Å². The molecular formula is C22H22FN3O2. The smallest absolute Gasteiger partial charge is 0.256 e. The summed E-state index contributed by atoms with van der Waals surface area (Å²) in [4.78, 5) is 19.3. The second-order valence-corrected chi connectivity index (χ2v) is 7.10. The topological polar surface area (TPSA) is 54.5 Å². The third-order valence-electron chi connectivity index (χ3n) is 5.06. The molecule has 0 unspecified atom stereocenters. The van der Waals surface area contributed by atoms with Gasteiger partial charge in [0.2, 0.25) is 5.88 Å². The van der Waals surface area contributed by atoms with E-state index < -0.39 is 0 Å². The molecule has 1 N–H and O–H groups in total. The molecule has 1 amide bonds. The second-order valence-electron chi connectivity index (χ2n) is 7.10. The monoisotopic (exact) mass is 379 g/mol. The van der Waals surface area contributed by atoms with Gasteiger partial charge in [-0.25, -0.2) is 9.37 Å². The zero-order valence-corrected chi connectivity index (χ0v) is 15.7. The van der Waals surface area contributed by atoms with E-state index in [2.05, 4.69) is 22.2 Å². The van der Waals surface area contributed by atoms with E-state index in [4.69, 9.17) is 4.74 Å². The number of amides is 1. The lowest BCUT2D eigenvalue weighted by molar-refractivity contribution is 0.102. The number of carbonyl (C=O) groups excluding carboxylic acids is 1. The third-order valence-corrected chi connectivity index (χ3v) is 5.06. The Bertz CT molecular complexity index is 1000. The fraction of sp³-hybridized carbons (Fsp3) is 0.273. The highest BCUT2D eigenvalue weighted by atomic mass is 19.1. The van der Waals surface area contributed by atoms with E-state index in [1.54, 1.807) is 42.6 Å². The number of hydrogen-bond acceptors (Lipinski definition) is 4. The van der Waals surface area contributed by atoms with Crippen molar-refractivity contribution in [1.29, 1.82) is 0 Å². The van der Waals surface area contributed by atoms with Gasteiger partial charge in [-0.2, -0.15) is 0 Å². The van der Waals surface area contributed by atoms with Gasteiger partial charge in [0.05, 0.1) is 0 Å². The van der Waals surface area contributed by atoms with Crippen LogP contribution >= 0.6 is 0 Å². The van der Waals surface area contributed by atoms with Crippen LogP contribution in [0.15, 0.2) is 54.7 Å². The second kappa shape index (κ2) is 7.94. The maximum atomic E-state index is 14.0. The molecule has 1 aliphatic heterocycles. The molecule has 28 heavy (non-hydrogen) atoms. The zero-order valence-electron chi connectivity index (χ0n) is 15.7. The standard InChI is InChI=1S/C22H22FN3O2/c1-26-12-9-16(10-13-26)28-21-14-15(8-11-24-21)25-22(27)19-6-7-20(23)18-5-3-2-4-17(18)19/h2-8,11,14,16H,9-10,12-13H2,1H3,(H,24,25,27). The number of anilines is 1. The largest absolute Gasteiger partial charge is 0.474 e. The number of ether oxygens (including phenoxy) is 1. The SMILES string of the molecule is CN1CCC(Oc2cc(NC(=O)c3ccc(F)c4ccccc34)ccn2)CC1. The minimum atomic E-state index is -0.343. The number of aromatic nitrogens is 1. The van der Waals surface area contributed by atoms with Crippen LogP contribution in [0.25, 0.3) is 10.8 Å². The Morgan fingerprint density at radius 2 is 1.89 bits per heavy atom. The number of fused-ring (bicyclic) bond motifs is 1. The summed E-state index contributed by atoms with van der Waals surface area (Å²) in [6, 6.07) is 13.2. The minimum Gasteiger partial charge on any atom is -0.474 e. The van der Waals surface area contributed by atoms with Crippen LogP contribution in [-0.2, 0) is 0 Å². The summed E-state index contributed by atoms with van der Waals surface area (Å²) >= 11 is 0. The number of benzene rings is 2. The summed E-state index contributed by atoms with van der Waals surface area (Å²) in [5.74, 6) is -0.145. The van der Waals surface area contributed by atoms with Gasteiger partial charge in [0, 0.05) is 42.0 Å². The van der Waals surface area contributed by atoms with Gasteiger partial charge in [-0.3, -0.25) is 4.79 Å². The summed E-state index contributed by atoms with van der Waals surface area (Å²) in [5, 5.41) is 3.87. The number of nitrogens with one attached hydrogen (secondary N) is 1. The van der Waals surface area contributed by atoms with Crippen LogP contribution in [0.5, 0.6) is 5.88 Å². The molecule has 0 spiro atoms. The van der Waals surface area contributed by atoms with E-state index in [1.807, 2.05) is 0 Å². The first-order valence-corrected chi connectivity index (χ1v) is 9.40. The van der Waals surface area contributed by atoms with Gasteiger partial charge in [0.25, 0.3) is 5.91 Å². The molecule has 2 aromatic carbocycles. The fourth-order valence-corrected chi connectivity index (χ4v) is 3.48. The van der Waals surface area contributed by atoms with Crippen molar-refractivity contribution in [3.05, 3.63) is 66.1 Å². The normalized spacial score (nSPS) is 15.5. The molecule has 0 atom stereocenters. The van der Waals surface area contributed by atoms with E-state index in [0.717, 1.165) is 25.9 Å². The van der Waals surface area contributed by atoms with Crippen molar-refractivity contribution in [2.75, 3.05) is 25.5 Å². The fourth-order valence-electron chi connectivity index (χ4n) is 3.48. The highest BCUT2D eigenvalue weighted by Crippen LogP contribution is 2.24. The quantitative estimate of drug-likeness (QED) is 0.742. The maximum Gasteiger partial charge on any atom is 0.256 e. The number of nitrogens with zero attached hydrogens (tertiary/aromatic N) is 2. The highest BCUT2D eigenvalue weighted by molar-refractivity contribution is 6.13. The molecule has 0 bridgehead atoms. The summed E-state index contributed by atoms with van der Waals surface area (Å²) in [6.07, 6.45) is 3.66. The van der Waals surface area contributed by atoms with Gasteiger partial charge in [-0.05, 0) is 43.5 Å². The lowest BCUT2D eigenvalue weighted by atomic mass is 10.0. The molecule has 2 heterocycles. The Morgan fingerprint density at radius 3 is 2.68 bits per heavy atom. The van der Waals surface area contributed by atoms with Crippen molar-refractivity contribution in [2.45, 2.75) is 18.9 Å². The number of carbonyl (C=O) groups is 1. The molecule has 0 saturated carbocycles. The Kier molecular flexibility index (Phi) is 5.21. The Hall–Kier alpha value is -2.99. The molecular weight excluding hydrogens is 357 g/mol. The van der Waals surface area contributed by atoms with Crippen molar-refractivity contribution in [3.63, 3.8) is 0 Å². The average molecular weight is 379 g/mol. The van der Waals surface area contributed by atoms with Gasteiger partial charge in [-0.1, -0.05) is 24.3 Å². The van der Waals surface area contributed by atoms with Crippen molar-refractivity contribution in [2.24, 2.45) is 0 Å². The summed E-state index contributed by atoms with van der Waals surface area (Å²) < 4.78 is 20.0. The van der Waals surface area contributed by atoms with E-state index in [1.165, 1.54) is 12.1 Å². The molecule has 0 radical (unpaired) electrons. The Labute approximate surface area is 163 Å². The summed E-state index contributed by atoms with van der Waals surface area (Å²) in [5.41, 5.74) is 1.02. The number of pyridine rings is 1. The minimum absolute atomic E-state index is 0.135. The Balaban J connectivity index is 1.50. The first kappa shape index (κ1) is 18.4. The van der Waals surface area contributed by atoms with E-state index in [0.29, 0.717) is 27.9 Å². The number of piperidine rings is 1. The predicted molar refractivity (Wildman–Crippen MR) is 107 cm³/mol. The first-order chi connectivity index (χ1) is 13.6. The molecule has 1 fully saturated rings. The molecule has 6 heteroatoms. The van der Waals surface area contributed by atoms with Crippen LogP contribution < -0.4 is 10.1 Å². The molecule has 144 valence electrons. The van der Waals surface area contributed by atoms with Gasteiger partial charge < -0.3 is 15.0 Å². The Morgan fingerprint density at radius 1 is 1.14 bits per heavy atom. The van der Waals surface area contributed by atoms with Gasteiger partial charge in [0.1, 0.15) is 11.9 Å². The molecule has 5 nitrogen and oxygen atoms in total. The van der Waals surface area contributed by atoms with Gasteiger partial charge >= 0.3 is 0 Å². The van der Waals surface area contributed by atoms with E-state index >= 15 is 0 Å². The zero-order chi connectivity index (χ0) is 19.5.